The average Bonchev–Trinajstić information content (AvgIpc) is 3.38. The lowest BCUT2D eigenvalue weighted by molar-refractivity contribution is 0.186. The zero-order valence-corrected chi connectivity index (χ0v) is 26.4. The van der Waals surface area contributed by atoms with Gasteiger partial charge in [-0.3, -0.25) is 4.90 Å². The van der Waals surface area contributed by atoms with E-state index in [2.05, 4.69) is 60.0 Å². The normalized spacial score (nSPS) is 14.4. The van der Waals surface area contributed by atoms with Crippen molar-refractivity contribution in [3.05, 3.63) is 52.5 Å². The Balaban J connectivity index is 1.72. The van der Waals surface area contributed by atoms with Crippen molar-refractivity contribution in [2.24, 2.45) is 0 Å². The molecule has 2 aromatic rings. The van der Waals surface area contributed by atoms with Crippen molar-refractivity contribution in [3.63, 3.8) is 0 Å². The van der Waals surface area contributed by atoms with Crippen molar-refractivity contribution in [2.75, 3.05) is 51.8 Å². The van der Waals surface area contributed by atoms with Gasteiger partial charge in [0.1, 0.15) is 18.1 Å². The maximum Gasteiger partial charge on any atom is 0.322 e. The summed E-state index contributed by atoms with van der Waals surface area (Å²) in [6.07, 6.45) is 2.50. The molecule has 2 aromatic carbocycles. The molecule has 0 bridgehead atoms. The summed E-state index contributed by atoms with van der Waals surface area (Å²) in [6.45, 7) is 16.2. The zero-order valence-electron chi connectivity index (χ0n) is 23.8. The Labute approximate surface area is 238 Å². The van der Waals surface area contributed by atoms with Crippen molar-refractivity contribution >= 4 is 36.0 Å². The number of rotatable bonds is 12. The minimum absolute atomic E-state index is 0.103. The van der Waals surface area contributed by atoms with Gasteiger partial charge in [-0.25, -0.2) is 4.79 Å². The van der Waals surface area contributed by atoms with Crippen LogP contribution in [-0.4, -0.2) is 70.7 Å². The van der Waals surface area contributed by atoms with Gasteiger partial charge in [0.25, 0.3) is 0 Å². The number of anilines is 1. The summed E-state index contributed by atoms with van der Waals surface area (Å²) >= 11 is 3.54. The lowest BCUT2D eigenvalue weighted by atomic mass is 10.2. The molecule has 0 unspecified atom stereocenters. The van der Waals surface area contributed by atoms with Crippen molar-refractivity contribution in [1.29, 1.82) is 0 Å². The second-order valence-electron chi connectivity index (χ2n) is 11.3. The molecule has 9 heteroatoms. The predicted molar refractivity (Wildman–Crippen MR) is 161 cm³/mol. The van der Waals surface area contributed by atoms with E-state index >= 15 is 0 Å². The largest absolute Gasteiger partial charge is 0.497 e. The van der Waals surface area contributed by atoms with Gasteiger partial charge in [0, 0.05) is 24.1 Å². The third-order valence-corrected chi connectivity index (χ3v) is 12.5. The van der Waals surface area contributed by atoms with Crippen molar-refractivity contribution in [3.8, 4) is 11.5 Å². The fourth-order valence-electron chi connectivity index (χ4n) is 4.08. The Bertz CT molecular complexity index is 1050. The smallest absolute Gasteiger partial charge is 0.322 e. The third-order valence-electron chi connectivity index (χ3n) is 7.47. The number of likely N-dealkylation sites (tertiary alicyclic amines) is 1. The molecule has 38 heavy (non-hydrogen) atoms. The van der Waals surface area contributed by atoms with Crippen LogP contribution in [0.15, 0.2) is 46.9 Å². The Morgan fingerprint density at radius 3 is 2.53 bits per heavy atom. The van der Waals surface area contributed by atoms with Crippen molar-refractivity contribution in [1.82, 2.24) is 9.80 Å². The van der Waals surface area contributed by atoms with Crippen LogP contribution in [0, 0.1) is 0 Å². The van der Waals surface area contributed by atoms with E-state index in [4.69, 9.17) is 13.9 Å². The molecule has 1 saturated heterocycles. The Morgan fingerprint density at radius 2 is 1.84 bits per heavy atom. The molecule has 0 radical (unpaired) electrons. The Kier molecular flexibility index (Phi) is 11.1. The van der Waals surface area contributed by atoms with Gasteiger partial charge < -0.3 is 24.1 Å². The van der Waals surface area contributed by atoms with Crippen LogP contribution in [0.1, 0.15) is 39.2 Å². The number of benzene rings is 2. The Morgan fingerprint density at radius 1 is 1.11 bits per heavy atom. The lowest BCUT2D eigenvalue weighted by Gasteiger charge is -2.36. The molecule has 1 aliphatic rings. The molecule has 1 heterocycles. The van der Waals surface area contributed by atoms with Crippen LogP contribution in [0.4, 0.5) is 10.5 Å². The van der Waals surface area contributed by atoms with Gasteiger partial charge in [0.05, 0.1) is 19.4 Å². The van der Waals surface area contributed by atoms with Gasteiger partial charge in [-0.15, -0.1) is 0 Å². The van der Waals surface area contributed by atoms with E-state index in [0.29, 0.717) is 37.7 Å². The summed E-state index contributed by atoms with van der Waals surface area (Å²) in [5.41, 5.74) is 1.64. The van der Waals surface area contributed by atoms with Gasteiger partial charge in [-0.1, -0.05) is 48.8 Å². The van der Waals surface area contributed by atoms with Crippen molar-refractivity contribution < 1.29 is 18.7 Å². The van der Waals surface area contributed by atoms with Crippen molar-refractivity contribution in [2.45, 2.75) is 58.3 Å². The fraction of sp³-hybridized carbons (Fsp3) is 0.552. The van der Waals surface area contributed by atoms with Crippen LogP contribution in [0.5, 0.6) is 11.5 Å². The first-order chi connectivity index (χ1) is 18.0. The van der Waals surface area contributed by atoms with E-state index in [1.165, 1.54) is 12.8 Å². The van der Waals surface area contributed by atoms with Crippen LogP contribution >= 0.6 is 15.9 Å². The molecule has 3 rings (SSSR count). The first kappa shape index (κ1) is 30.5. The first-order valence-electron chi connectivity index (χ1n) is 13.5. The van der Waals surface area contributed by atoms with Gasteiger partial charge in [0.2, 0.25) is 0 Å². The Hall–Kier alpha value is -2.07. The monoisotopic (exact) mass is 605 g/mol. The molecule has 7 nitrogen and oxygen atoms in total. The van der Waals surface area contributed by atoms with E-state index in [0.717, 1.165) is 35.4 Å². The second kappa shape index (κ2) is 13.8. The van der Waals surface area contributed by atoms with Crippen LogP contribution < -0.4 is 14.8 Å². The minimum atomic E-state index is -1.94. The highest BCUT2D eigenvalue weighted by Gasteiger charge is 2.37. The molecule has 1 N–H and O–H groups in total. The topological polar surface area (TPSA) is 63.3 Å². The number of nitrogens with one attached hydrogen (secondary N) is 1. The molecule has 210 valence electrons. The molecule has 1 aliphatic heterocycles. The van der Waals surface area contributed by atoms with Gasteiger partial charge in [0.15, 0.2) is 8.32 Å². The standard InChI is InChI=1S/C29H44BrN3O4Si/c1-29(2,3)38(5,6)37-19-17-33(22-23-10-9-11-25(20-23)35-4)28(34)31-26-13-12-24(30)21-27(26)36-18-16-32-14-7-8-15-32/h9-13,20-21H,7-8,14-19,22H2,1-6H3,(H,31,34). The van der Waals surface area contributed by atoms with Crippen LogP contribution in [0.3, 0.4) is 0 Å². The second-order valence-corrected chi connectivity index (χ2v) is 17.1. The molecule has 0 aliphatic carbocycles. The summed E-state index contributed by atoms with van der Waals surface area (Å²) in [5, 5.41) is 3.20. The summed E-state index contributed by atoms with van der Waals surface area (Å²) < 4.78 is 18.8. The van der Waals surface area contributed by atoms with Gasteiger partial charge in [-0.2, -0.15) is 0 Å². The van der Waals surface area contributed by atoms with Crippen LogP contribution in [0.25, 0.3) is 0 Å². The molecule has 1 fully saturated rings. The number of hydrogen-bond donors (Lipinski definition) is 1. The lowest BCUT2D eigenvalue weighted by Crippen LogP contribution is -2.44. The van der Waals surface area contributed by atoms with Crippen LogP contribution in [-0.2, 0) is 11.0 Å². The number of carbonyl (C=O) groups excluding carboxylic acids is 1. The number of carbonyl (C=O) groups is 1. The minimum Gasteiger partial charge on any atom is -0.497 e. The zero-order chi connectivity index (χ0) is 27.8. The number of halogens is 1. The maximum atomic E-state index is 13.6. The fourth-order valence-corrected chi connectivity index (χ4v) is 5.45. The quantitative estimate of drug-likeness (QED) is 0.264. The van der Waals surface area contributed by atoms with E-state index in [1.807, 2.05) is 42.5 Å². The van der Waals surface area contributed by atoms with Gasteiger partial charge >= 0.3 is 6.03 Å². The first-order valence-corrected chi connectivity index (χ1v) is 17.2. The summed E-state index contributed by atoms with van der Waals surface area (Å²) in [4.78, 5) is 17.8. The highest BCUT2D eigenvalue weighted by Crippen LogP contribution is 2.36. The third kappa shape index (κ3) is 9.00. The molecule has 0 aromatic heterocycles. The average molecular weight is 607 g/mol. The number of amides is 2. The SMILES string of the molecule is COc1cccc(CN(CCO[Si](C)(C)C(C)(C)C)C(=O)Nc2ccc(Br)cc2OCCN2CCCC2)c1. The highest BCUT2D eigenvalue weighted by atomic mass is 79.9. The number of methoxy groups -OCH3 is 1. The number of nitrogens with zero attached hydrogens (tertiary/aromatic N) is 2. The van der Waals surface area contributed by atoms with E-state index in [1.54, 1.807) is 12.0 Å². The number of hydrogen-bond acceptors (Lipinski definition) is 5. The van der Waals surface area contributed by atoms with E-state index in [9.17, 15) is 4.79 Å². The summed E-state index contributed by atoms with van der Waals surface area (Å²) in [5.74, 6) is 1.42. The molecule has 0 saturated carbocycles. The molecular formula is C29H44BrN3O4Si. The molecular weight excluding hydrogens is 562 g/mol. The maximum absolute atomic E-state index is 13.6. The van der Waals surface area contributed by atoms with E-state index < -0.39 is 8.32 Å². The predicted octanol–water partition coefficient (Wildman–Crippen LogP) is 6.99. The number of urea groups is 1. The molecule has 0 atom stereocenters. The highest BCUT2D eigenvalue weighted by molar-refractivity contribution is 9.10. The summed E-state index contributed by atoms with van der Waals surface area (Å²) in [7, 11) is -0.288. The van der Waals surface area contributed by atoms with Gasteiger partial charge in [-0.05, 0) is 80.0 Å². The molecule has 0 spiro atoms. The van der Waals surface area contributed by atoms with E-state index in [-0.39, 0.29) is 11.1 Å². The molecule has 2 amide bonds. The summed E-state index contributed by atoms with van der Waals surface area (Å²) in [6, 6.07) is 13.3. The van der Waals surface area contributed by atoms with Crippen LogP contribution in [0.2, 0.25) is 18.1 Å². The number of ether oxygens (including phenoxy) is 2.